The quantitative estimate of drug-likeness (QED) is 0.543. The van der Waals surface area contributed by atoms with Crippen molar-refractivity contribution in [1.29, 1.82) is 0 Å². The normalized spacial score (nSPS) is 10.5. The second-order valence-electron chi connectivity index (χ2n) is 5.50. The zero-order chi connectivity index (χ0) is 17.6. The molecule has 0 atom stereocenters. The molecule has 25 heavy (non-hydrogen) atoms. The highest BCUT2D eigenvalue weighted by Crippen LogP contribution is 2.25. The lowest BCUT2D eigenvalue weighted by atomic mass is 10.2. The number of rotatable bonds is 6. The Balaban J connectivity index is 1.69. The van der Waals surface area contributed by atoms with Crippen LogP contribution in [-0.2, 0) is 13.2 Å². The van der Waals surface area contributed by atoms with Crippen molar-refractivity contribution in [2.45, 2.75) is 13.2 Å². The number of para-hydroxylation sites is 1. The highest BCUT2D eigenvalue weighted by Gasteiger charge is 2.06. The molecule has 0 aromatic heterocycles. The zero-order valence-electron chi connectivity index (χ0n) is 13.3. The molecule has 0 aliphatic heterocycles. The molecule has 0 saturated heterocycles. The molecule has 0 bridgehead atoms. The van der Waals surface area contributed by atoms with E-state index >= 15 is 0 Å². The van der Waals surface area contributed by atoms with Gasteiger partial charge in [-0.1, -0.05) is 59.6 Å². The van der Waals surface area contributed by atoms with Gasteiger partial charge in [0.1, 0.15) is 18.2 Å². The van der Waals surface area contributed by atoms with Gasteiger partial charge in [0.25, 0.3) is 0 Å². The summed E-state index contributed by atoms with van der Waals surface area (Å²) in [6.45, 7) is 0.705. The van der Waals surface area contributed by atoms with Crippen LogP contribution in [0.5, 0.6) is 5.75 Å². The van der Waals surface area contributed by atoms with E-state index in [0.29, 0.717) is 27.9 Å². The van der Waals surface area contributed by atoms with Gasteiger partial charge in [-0.05, 0) is 30.3 Å². The first-order valence-electron chi connectivity index (χ1n) is 7.76. The van der Waals surface area contributed by atoms with Gasteiger partial charge in [-0.25, -0.2) is 4.39 Å². The van der Waals surface area contributed by atoms with Crippen LogP contribution in [0.4, 0.5) is 10.1 Å². The molecule has 0 saturated carbocycles. The van der Waals surface area contributed by atoms with Crippen molar-refractivity contribution in [3.8, 4) is 5.75 Å². The second kappa shape index (κ2) is 8.24. The van der Waals surface area contributed by atoms with Gasteiger partial charge in [0.15, 0.2) is 0 Å². The highest BCUT2D eigenvalue weighted by molar-refractivity contribution is 6.35. The van der Waals surface area contributed by atoms with Crippen LogP contribution in [0.1, 0.15) is 11.1 Å². The van der Waals surface area contributed by atoms with Crippen LogP contribution in [0.15, 0.2) is 66.7 Å². The number of ether oxygens (including phenoxy) is 1. The molecular formula is C20H16Cl2FNO. The first-order valence-corrected chi connectivity index (χ1v) is 8.51. The number of benzene rings is 3. The first kappa shape index (κ1) is 17.6. The van der Waals surface area contributed by atoms with E-state index < -0.39 is 0 Å². The van der Waals surface area contributed by atoms with Crippen molar-refractivity contribution >= 4 is 28.9 Å². The lowest BCUT2D eigenvalue weighted by molar-refractivity contribution is 0.297. The summed E-state index contributed by atoms with van der Waals surface area (Å²) in [6, 6.07) is 19.5. The van der Waals surface area contributed by atoms with Crippen molar-refractivity contribution < 1.29 is 9.13 Å². The molecular weight excluding hydrogens is 360 g/mol. The summed E-state index contributed by atoms with van der Waals surface area (Å²) in [7, 11) is 0. The molecule has 128 valence electrons. The molecule has 0 unspecified atom stereocenters. The summed E-state index contributed by atoms with van der Waals surface area (Å²) >= 11 is 12.0. The van der Waals surface area contributed by atoms with Crippen molar-refractivity contribution in [3.05, 3.63) is 93.7 Å². The lowest BCUT2D eigenvalue weighted by Crippen LogP contribution is -2.04. The molecule has 2 nitrogen and oxygen atoms in total. The number of halogens is 3. The number of hydrogen-bond donors (Lipinski definition) is 1. The lowest BCUT2D eigenvalue weighted by Gasteiger charge is -2.13. The smallest absolute Gasteiger partial charge is 0.129 e. The Kier molecular flexibility index (Phi) is 5.79. The van der Waals surface area contributed by atoms with Gasteiger partial charge >= 0.3 is 0 Å². The summed E-state index contributed by atoms with van der Waals surface area (Å²) in [5.74, 6) is 0.429. The molecule has 0 aliphatic rings. The average Bonchev–Trinajstić information content (AvgIpc) is 2.59. The van der Waals surface area contributed by atoms with E-state index in [9.17, 15) is 4.39 Å². The second-order valence-corrected chi connectivity index (χ2v) is 6.37. The maximum absolute atomic E-state index is 13.7. The van der Waals surface area contributed by atoms with Gasteiger partial charge in [0.2, 0.25) is 0 Å². The molecule has 0 heterocycles. The Morgan fingerprint density at radius 2 is 1.48 bits per heavy atom. The largest absolute Gasteiger partial charge is 0.488 e. The molecule has 0 amide bonds. The van der Waals surface area contributed by atoms with Gasteiger partial charge < -0.3 is 10.1 Å². The molecule has 3 rings (SSSR count). The summed E-state index contributed by atoms with van der Waals surface area (Å²) in [5, 5.41) is 4.41. The van der Waals surface area contributed by atoms with E-state index in [-0.39, 0.29) is 12.4 Å². The topological polar surface area (TPSA) is 21.3 Å². The van der Waals surface area contributed by atoms with Crippen LogP contribution in [0.25, 0.3) is 0 Å². The maximum atomic E-state index is 13.7. The average molecular weight is 376 g/mol. The summed E-state index contributed by atoms with van der Waals surface area (Å²) in [6.07, 6.45) is 0. The third kappa shape index (κ3) is 4.88. The minimum Gasteiger partial charge on any atom is -0.488 e. The van der Waals surface area contributed by atoms with Gasteiger partial charge in [-0.3, -0.25) is 0 Å². The van der Waals surface area contributed by atoms with Gasteiger partial charge in [0.05, 0.1) is 0 Å². The van der Waals surface area contributed by atoms with Crippen molar-refractivity contribution in [3.63, 3.8) is 0 Å². The van der Waals surface area contributed by atoms with E-state index in [0.717, 1.165) is 11.3 Å². The molecule has 3 aromatic rings. The number of anilines is 1. The molecule has 3 aromatic carbocycles. The highest BCUT2D eigenvalue weighted by atomic mass is 35.5. The standard InChI is InChI=1S/C20H16Cl2FNO/c21-16-9-17(22)11-18(10-16)24-12-14-5-2-4-8-20(14)25-13-15-6-1-3-7-19(15)23/h1-11,24H,12-13H2. The van der Waals surface area contributed by atoms with E-state index in [2.05, 4.69) is 5.32 Å². The fraction of sp³-hybridized carbons (Fsp3) is 0.100. The Bertz CT molecular complexity index is 850. The van der Waals surface area contributed by atoms with E-state index in [4.69, 9.17) is 27.9 Å². The summed E-state index contributed by atoms with van der Waals surface area (Å²) in [5.41, 5.74) is 2.29. The third-order valence-electron chi connectivity index (χ3n) is 3.66. The van der Waals surface area contributed by atoms with Crippen LogP contribution in [0.3, 0.4) is 0 Å². The van der Waals surface area contributed by atoms with Crippen molar-refractivity contribution in [1.82, 2.24) is 0 Å². The van der Waals surface area contributed by atoms with Gasteiger partial charge in [0, 0.05) is 33.4 Å². The summed E-state index contributed by atoms with van der Waals surface area (Å²) < 4.78 is 19.5. The van der Waals surface area contributed by atoms with E-state index in [1.54, 1.807) is 36.4 Å². The van der Waals surface area contributed by atoms with Crippen LogP contribution in [-0.4, -0.2) is 0 Å². The molecule has 5 heteroatoms. The molecule has 1 N–H and O–H groups in total. The van der Waals surface area contributed by atoms with Crippen LogP contribution >= 0.6 is 23.2 Å². The summed E-state index contributed by atoms with van der Waals surface area (Å²) in [4.78, 5) is 0. The first-order chi connectivity index (χ1) is 12.1. The Hall–Kier alpha value is -2.23. The SMILES string of the molecule is Fc1ccccc1COc1ccccc1CNc1cc(Cl)cc(Cl)c1. The van der Waals surface area contributed by atoms with E-state index in [1.807, 2.05) is 24.3 Å². The van der Waals surface area contributed by atoms with Crippen LogP contribution in [0, 0.1) is 5.82 Å². The molecule has 0 aliphatic carbocycles. The van der Waals surface area contributed by atoms with Gasteiger partial charge in [-0.15, -0.1) is 0 Å². The minimum atomic E-state index is -0.272. The minimum absolute atomic E-state index is 0.173. The molecule has 0 fully saturated rings. The fourth-order valence-corrected chi connectivity index (χ4v) is 2.94. The fourth-order valence-electron chi connectivity index (χ4n) is 2.41. The van der Waals surface area contributed by atoms with E-state index in [1.165, 1.54) is 6.07 Å². The number of hydrogen-bond acceptors (Lipinski definition) is 2. The monoisotopic (exact) mass is 375 g/mol. The number of nitrogens with one attached hydrogen (secondary N) is 1. The van der Waals surface area contributed by atoms with Crippen molar-refractivity contribution in [2.75, 3.05) is 5.32 Å². The molecule has 0 radical (unpaired) electrons. The predicted octanol–water partition coefficient (Wildman–Crippen LogP) is 6.32. The Morgan fingerprint density at radius 3 is 2.20 bits per heavy atom. The van der Waals surface area contributed by atoms with Gasteiger partial charge in [-0.2, -0.15) is 0 Å². The van der Waals surface area contributed by atoms with Crippen LogP contribution < -0.4 is 10.1 Å². The Morgan fingerprint density at radius 1 is 0.840 bits per heavy atom. The van der Waals surface area contributed by atoms with Crippen molar-refractivity contribution in [2.24, 2.45) is 0 Å². The zero-order valence-corrected chi connectivity index (χ0v) is 14.8. The molecule has 0 spiro atoms. The van der Waals surface area contributed by atoms with Crippen LogP contribution in [0.2, 0.25) is 10.0 Å². The predicted molar refractivity (Wildman–Crippen MR) is 101 cm³/mol. The third-order valence-corrected chi connectivity index (χ3v) is 4.10. The maximum Gasteiger partial charge on any atom is 0.129 e. The Labute approximate surface area is 156 Å².